The number of nitrogens with two attached hydrogens (primary N) is 1. The van der Waals surface area contributed by atoms with Crippen molar-refractivity contribution in [1.29, 1.82) is 0 Å². The second-order valence-corrected chi connectivity index (χ2v) is 5.43. The molecule has 2 rings (SSSR count). The van der Waals surface area contributed by atoms with E-state index in [4.69, 9.17) is 28.9 Å². The molecule has 1 aromatic rings. The van der Waals surface area contributed by atoms with Gasteiger partial charge in [-0.1, -0.05) is 29.3 Å². The molecule has 92 valence electrons. The molecule has 0 aliphatic heterocycles. The minimum atomic E-state index is 0.0809. The van der Waals surface area contributed by atoms with E-state index >= 15 is 0 Å². The van der Waals surface area contributed by atoms with Gasteiger partial charge < -0.3 is 5.73 Å². The highest BCUT2D eigenvalue weighted by molar-refractivity contribution is 6.36. The van der Waals surface area contributed by atoms with E-state index < -0.39 is 0 Å². The van der Waals surface area contributed by atoms with E-state index in [9.17, 15) is 4.79 Å². The highest BCUT2D eigenvalue weighted by Gasteiger charge is 2.28. The number of hydrogen-bond donors (Lipinski definition) is 1. The number of carbonyl (C=O) groups excluding carboxylic acids is 1. The highest BCUT2D eigenvalue weighted by Crippen LogP contribution is 2.30. The maximum atomic E-state index is 12.1. The molecule has 0 heterocycles. The van der Waals surface area contributed by atoms with Crippen LogP contribution in [0.2, 0.25) is 10.0 Å². The summed E-state index contributed by atoms with van der Waals surface area (Å²) in [5, 5.41) is 1.13. The van der Waals surface area contributed by atoms with Crippen molar-refractivity contribution in [3.8, 4) is 0 Å². The Hall–Kier alpha value is -0.570. The van der Waals surface area contributed by atoms with Crippen molar-refractivity contribution in [1.82, 2.24) is 0 Å². The molecule has 1 saturated carbocycles. The first-order valence-electron chi connectivity index (χ1n) is 5.79. The molecule has 1 aliphatic carbocycles. The van der Waals surface area contributed by atoms with Crippen molar-refractivity contribution in [2.75, 3.05) is 0 Å². The van der Waals surface area contributed by atoms with Crippen LogP contribution in [0.1, 0.15) is 24.8 Å². The summed E-state index contributed by atoms with van der Waals surface area (Å²) in [4.78, 5) is 12.1. The zero-order valence-electron chi connectivity index (χ0n) is 9.46. The standard InChI is InChI=1S/C13H15Cl2NO/c14-11-2-1-3-12(15)10(11)7-13(17)8-4-5-9(16)6-8/h1-3,8-9H,4-7,16H2. The van der Waals surface area contributed by atoms with Crippen LogP contribution < -0.4 is 5.73 Å². The fourth-order valence-electron chi connectivity index (χ4n) is 2.33. The smallest absolute Gasteiger partial charge is 0.140 e. The first kappa shape index (κ1) is 12.9. The van der Waals surface area contributed by atoms with E-state index in [0.29, 0.717) is 16.5 Å². The minimum Gasteiger partial charge on any atom is -0.328 e. The number of halogens is 2. The highest BCUT2D eigenvalue weighted by atomic mass is 35.5. The molecule has 0 amide bonds. The molecule has 2 unspecified atom stereocenters. The van der Waals surface area contributed by atoms with Crippen molar-refractivity contribution >= 4 is 29.0 Å². The van der Waals surface area contributed by atoms with Gasteiger partial charge in [0.15, 0.2) is 0 Å². The average Bonchev–Trinajstić information content (AvgIpc) is 2.70. The molecule has 0 spiro atoms. The lowest BCUT2D eigenvalue weighted by atomic mass is 9.96. The van der Waals surface area contributed by atoms with E-state index in [1.165, 1.54) is 0 Å². The Labute approximate surface area is 111 Å². The van der Waals surface area contributed by atoms with Gasteiger partial charge in [-0.05, 0) is 37.0 Å². The summed E-state index contributed by atoms with van der Waals surface area (Å²) in [6, 6.07) is 5.47. The second-order valence-electron chi connectivity index (χ2n) is 4.61. The van der Waals surface area contributed by atoms with Gasteiger partial charge in [-0.3, -0.25) is 4.79 Å². The first-order chi connectivity index (χ1) is 8.08. The summed E-state index contributed by atoms with van der Waals surface area (Å²) in [6.45, 7) is 0. The summed E-state index contributed by atoms with van der Waals surface area (Å²) >= 11 is 12.1. The lowest BCUT2D eigenvalue weighted by Crippen LogP contribution is -2.19. The van der Waals surface area contributed by atoms with E-state index in [1.807, 2.05) is 0 Å². The maximum Gasteiger partial charge on any atom is 0.140 e. The number of hydrogen-bond acceptors (Lipinski definition) is 2. The number of ketones is 1. The Bertz CT molecular complexity index is 413. The third kappa shape index (κ3) is 3.01. The zero-order valence-corrected chi connectivity index (χ0v) is 11.0. The molecule has 0 radical (unpaired) electrons. The van der Waals surface area contributed by atoms with E-state index in [0.717, 1.165) is 24.8 Å². The predicted octanol–water partition coefficient (Wildman–Crippen LogP) is 3.23. The summed E-state index contributed by atoms with van der Waals surface area (Å²) in [5.74, 6) is 0.283. The number of carbonyl (C=O) groups is 1. The lowest BCUT2D eigenvalue weighted by molar-refractivity contribution is -0.122. The van der Waals surface area contributed by atoms with Crippen LogP contribution in [0, 0.1) is 5.92 Å². The summed E-state index contributed by atoms with van der Waals surface area (Å²) in [7, 11) is 0. The molecule has 2 N–H and O–H groups in total. The van der Waals surface area contributed by atoms with Crippen molar-refractivity contribution in [2.45, 2.75) is 31.7 Å². The van der Waals surface area contributed by atoms with Gasteiger partial charge in [-0.15, -0.1) is 0 Å². The van der Waals surface area contributed by atoms with Crippen LogP contribution in [0.15, 0.2) is 18.2 Å². The monoisotopic (exact) mass is 271 g/mol. The van der Waals surface area contributed by atoms with Gasteiger partial charge in [0, 0.05) is 28.4 Å². The van der Waals surface area contributed by atoms with Crippen molar-refractivity contribution in [3.63, 3.8) is 0 Å². The van der Waals surface area contributed by atoms with E-state index in [2.05, 4.69) is 0 Å². The molecule has 2 nitrogen and oxygen atoms in total. The van der Waals surface area contributed by atoms with Gasteiger partial charge in [0.2, 0.25) is 0 Å². The molecular formula is C13H15Cl2NO. The average molecular weight is 272 g/mol. The van der Waals surface area contributed by atoms with Gasteiger partial charge in [-0.2, -0.15) is 0 Å². The fraction of sp³-hybridized carbons (Fsp3) is 0.462. The molecular weight excluding hydrogens is 257 g/mol. The molecule has 2 atom stereocenters. The zero-order chi connectivity index (χ0) is 12.4. The van der Waals surface area contributed by atoms with Crippen LogP contribution in [0.4, 0.5) is 0 Å². The quantitative estimate of drug-likeness (QED) is 0.917. The van der Waals surface area contributed by atoms with Gasteiger partial charge in [0.25, 0.3) is 0 Å². The molecule has 4 heteroatoms. The van der Waals surface area contributed by atoms with Gasteiger partial charge in [-0.25, -0.2) is 0 Å². The van der Waals surface area contributed by atoms with Crippen LogP contribution >= 0.6 is 23.2 Å². The second kappa shape index (κ2) is 5.38. The molecule has 1 aliphatic rings. The number of rotatable bonds is 3. The van der Waals surface area contributed by atoms with Crippen LogP contribution in [-0.2, 0) is 11.2 Å². The topological polar surface area (TPSA) is 43.1 Å². The third-order valence-corrected chi connectivity index (χ3v) is 4.05. The molecule has 17 heavy (non-hydrogen) atoms. The van der Waals surface area contributed by atoms with E-state index in [-0.39, 0.29) is 17.7 Å². The Balaban J connectivity index is 2.08. The first-order valence-corrected chi connectivity index (χ1v) is 6.54. The molecule has 0 bridgehead atoms. The number of benzene rings is 1. The lowest BCUT2D eigenvalue weighted by Gasteiger charge is -2.10. The van der Waals surface area contributed by atoms with Crippen LogP contribution in [-0.4, -0.2) is 11.8 Å². The Morgan fingerprint density at radius 1 is 1.29 bits per heavy atom. The van der Waals surface area contributed by atoms with Crippen LogP contribution in [0.3, 0.4) is 0 Å². The minimum absolute atomic E-state index is 0.0809. The predicted molar refractivity (Wildman–Crippen MR) is 70.5 cm³/mol. The normalized spacial score (nSPS) is 23.9. The van der Waals surface area contributed by atoms with Gasteiger partial charge in [0.1, 0.15) is 5.78 Å². The molecule has 0 aromatic heterocycles. The summed E-state index contributed by atoms with van der Waals surface area (Å²) in [6.07, 6.45) is 2.94. The number of Topliss-reactive ketones (excluding diaryl/α,β-unsaturated/α-hetero) is 1. The molecule has 1 fully saturated rings. The Morgan fingerprint density at radius 3 is 2.47 bits per heavy atom. The van der Waals surface area contributed by atoms with Crippen LogP contribution in [0.5, 0.6) is 0 Å². The van der Waals surface area contributed by atoms with Crippen molar-refractivity contribution in [2.24, 2.45) is 11.7 Å². The summed E-state index contributed by atoms with van der Waals surface area (Å²) in [5.41, 5.74) is 6.55. The van der Waals surface area contributed by atoms with Crippen LogP contribution in [0.25, 0.3) is 0 Å². The fourth-order valence-corrected chi connectivity index (χ4v) is 2.86. The SMILES string of the molecule is NC1CCC(C(=O)Cc2c(Cl)cccc2Cl)C1. The molecule has 0 saturated heterocycles. The van der Waals surface area contributed by atoms with Gasteiger partial charge in [0.05, 0.1) is 0 Å². The molecule has 1 aromatic carbocycles. The van der Waals surface area contributed by atoms with Crippen molar-refractivity contribution < 1.29 is 4.79 Å². The third-order valence-electron chi connectivity index (χ3n) is 3.34. The largest absolute Gasteiger partial charge is 0.328 e. The Kier molecular flexibility index (Phi) is 4.08. The maximum absolute atomic E-state index is 12.1. The Morgan fingerprint density at radius 2 is 1.94 bits per heavy atom. The van der Waals surface area contributed by atoms with Crippen molar-refractivity contribution in [3.05, 3.63) is 33.8 Å². The van der Waals surface area contributed by atoms with Gasteiger partial charge >= 0.3 is 0 Å². The summed E-state index contributed by atoms with van der Waals surface area (Å²) < 4.78 is 0. The van der Waals surface area contributed by atoms with E-state index in [1.54, 1.807) is 18.2 Å².